The molecule has 0 N–H and O–H groups in total. The van der Waals surface area contributed by atoms with E-state index in [4.69, 9.17) is 14.1 Å². The number of pyridine rings is 1. The van der Waals surface area contributed by atoms with Crippen molar-refractivity contribution in [3.8, 4) is 22.8 Å². The fraction of sp³-hybridized carbons (Fsp3) is 0.348. The monoisotopic (exact) mass is 470 g/mol. The summed E-state index contributed by atoms with van der Waals surface area (Å²) in [5, 5.41) is 0. The number of oxazole rings is 1. The number of carbonyl (C=O) groups is 1. The average Bonchev–Trinajstić information content (AvgIpc) is 3.40. The first kappa shape index (κ1) is 19.4. The molecule has 2 heterocycles. The molecule has 3 aromatic rings. The number of halogens is 2. The number of hydrogen-bond acceptors (Lipinski definition) is 5. The molecule has 2 aromatic heterocycles. The quantitative estimate of drug-likeness (QED) is 0.463. The maximum atomic E-state index is 13.3. The van der Waals surface area contributed by atoms with Gasteiger partial charge in [0.2, 0.25) is 5.89 Å². The normalized spacial score (nSPS) is 24.9. The zero-order chi connectivity index (χ0) is 20.8. The molecule has 2 fully saturated rings. The standard InChI is InChI=1S/C23H20BrFN2O3/c1-29-23(28)18-10-14-8-13(14)9-17(18)21-20(12-2-4-15(24)5-3-12)27-22(30-21)19-7-6-16(25)11-26-19/h2-7,11,13-14,17-18H,8-10H2,1H3. The van der Waals surface area contributed by atoms with Crippen molar-refractivity contribution in [2.75, 3.05) is 7.11 Å². The number of methoxy groups -OCH3 is 1. The van der Waals surface area contributed by atoms with Gasteiger partial charge in [0.1, 0.15) is 23.0 Å². The van der Waals surface area contributed by atoms with E-state index in [0.717, 1.165) is 35.5 Å². The van der Waals surface area contributed by atoms with Gasteiger partial charge < -0.3 is 9.15 Å². The van der Waals surface area contributed by atoms with E-state index in [1.165, 1.54) is 13.2 Å². The molecule has 30 heavy (non-hydrogen) atoms. The van der Waals surface area contributed by atoms with E-state index < -0.39 is 5.82 Å². The number of fused-ring (bicyclic) bond motifs is 1. The summed E-state index contributed by atoms with van der Waals surface area (Å²) in [4.78, 5) is 21.4. The number of carbonyl (C=O) groups excluding carboxylic acids is 1. The highest BCUT2D eigenvalue weighted by Gasteiger charge is 2.51. The maximum absolute atomic E-state index is 13.3. The fourth-order valence-corrected chi connectivity index (χ4v) is 4.84. The SMILES string of the molecule is COC(=O)C1CC2CC2CC1c1oc(-c2ccc(F)cn2)nc1-c1ccc(Br)cc1. The third-order valence-corrected chi connectivity index (χ3v) is 6.76. The largest absolute Gasteiger partial charge is 0.469 e. The Labute approximate surface area is 181 Å². The molecule has 5 rings (SSSR count). The van der Waals surface area contributed by atoms with Crippen LogP contribution in [0.1, 0.15) is 30.9 Å². The Balaban J connectivity index is 1.62. The fourth-order valence-electron chi connectivity index (χ4n) is 4.58. The molecule has 0 saturated heterocycles. The summed E-state index contributed by atoms with van der Waals surface area (Å²) in [5.74, 6) is 1.23. The first-order valence-corrected chi connectivity index (χ1v) is 10.8. The summed E-state index contributed by atoms with van der Waals surface area (Å²) in [5.41, 5.74) is 2.05. The smallest absolute Gasteiger partial charge is 0.309 e. The average molecular weight is 471 g/mol. The lowest BCUT2D eigenvalue weighted by atomic mass is 9.77. The van der Waals surface area contributed by atoms with Crippen molar-refractivity contribution >= 4 is 21.9 Å². The highest BCUT2D eigenvalue weighted by molar-refractivity contribution is 9.10. The number of nitrogens with zero attached hydrogens (tertiary/aromatic N) is 2. The van der Waals surface area contributed by atoms with Crippen LogP contribution in [0.4, 0.5) is 4.39 Å². The van der Waals surface area contributed by atoms with E-state index in [0.29, 0.717) is 34.9 Å². The Kier molecular flexibility index (Phi) is 4.93. The molecule has 0 radical (unpaired) electrons. The molecule has 0 bridgehead atoms. The van der Waals surface area contributed by atoms with E-state index in [9.17, 15) is 9.18 Å². The molecular weight excluding hydrogens is 451 g/mol. The molecule has 0 spiro atoms. The number of aromatic nitrogens is 2. The molecule has 0 aliphatic heterocycles. The van der Waals surface area contributed by atoms with Crippen molar-refractivity contribution in [1.29, 1.82) is 0 Å². The number of rotatable bonds is 4. The summed E-state index contributed by atoms with van der Waals surface area (Å²) in [7, 11) is 1.43. The second-order valence-corrected chi connectivity index (χ2v) is 8.98. The van der Waals surface area contributed by atoms with Gasteiger partial charge in [0.05, 0.1) is 19.2 Å². The lowest BCUT2D eigenvalue weighted by Crippen LogP contribution is -2.28. The second-order valence-electron chi connectivity index (χ2n) is 8.06. The molecule has 2 saturated carbocycles. The van der Waals surface area contributed by atoms with Crippen LogP contribution in [0.25, 0.3) is 22.8 Å². The van der Waals surface area contributed by atoms with Crippen LogP contribution in [0.15, 0.2) is 51.5 Å². The summed E-state index contributed by atoms with van der Waals surface area (Å²) in [6.45, 7) is 0. The molecule has 1 aromatic carbocycles. The van der Waals surface area contributed by atoms with Gasteiger partial charge in [-0.05, 0) is 55.4 Å². The van der Waals surface area contributed by atoms with Crippen molar-refractivity contribution in [2.24, 2.45) is 17.8 Å². The minimum Gasteiger partial charge on any atom is -0.469 e. The lowest BCUT2D eigenvalue weighted by molar-refractivity contribution is -0.147. The van der Waals surface area contributed by atoms with Gasteiger partial charge in [0.25, 0.3) is 0 Å². The lowest BCUT2D eigenvalue weighted by Gasteiger charge is -2.28. The number of hydrogen-bond donors (Lipinski definition) is 0. The molecular formula is C23H20BrFN2O3. The molecule has 4 atom stereocenters. The van der Waals surface area contributed by atoms with Crippen LogP contribution < -0.4 is 0 Å². The van der Waals surface area contributed by atoms with Gasteiger partial charge in [0.15, 0.2) is 0 Å². The Bertz CT molecular complexity index is 1080. The molecule has 2 aliphatic carbocycles. The zero-order valence-electron chi connectivity index (χ0n) is 16.3. The van der Waals surface area contributed by atoms with Crippen LogP contribution in [-0.4, -0.2) is 23.0 Å². The minimum atomic E-state index is -0.420. The van der Waals surface area contributed by atoms with E-state index in [2.05, 4.69) is 20.9 Å². The van der Waals surface area contributed by atoms with Gasteiger partial charge in [-0.1, -0.05) is 28.1 Å². The van der Waals surface area contributed by atoms with Gasteiger partial charge >= 0.3 is 5.97 Å². The van der Waals surface area contributed by atoms with Crippen LogP contribution in [0, 0.1) is 23.6 Å². The van der Waals surface area contributed by atoms with Crippen molar-refractivity contribution in [2.45, 2.75) is 25.2 Å². The van der Waals surface area contributed by atoms with Crippen LogP contribution in [0.2, 0.25) is 0 Å². The predicted octanol–water partition coefficient (Wildman–Crippen LogP) is 5.61. The minimum absolute atomic E-state index is 0.110. The molecule has 2 aliphatic rings. The molecule has 0 amide bonds. The molecule has 5 nitrogen and oxygen atoms in total. The van der Waals surface area contributed by atoms with Gasteiger partial charge in [0, 0.05) is 16.0 Å². The van der Waals surface area contributed by atoms with Gasteiger partial charge in [-0.15, -0.1) is 0 Å². The Morgan fingerprint density at radius 2 is 1.90 bits per heavy atom. The van der Waals surface area contributed by atoms with E-state index in [-0.39, 0.29) is 17.8 Å². The van der Waals surface area contributed by atoms with Crippen molar-refractivity contribution in [3.05, 3.63) is 58.6 Å². The summed E-state index contributed by atoms with van der Waals surface area (Å²) in [6.07, 6.45) is 3.98. The van der Waals surface area contributed by atoms with E-state index in [1.807, 2.05) is 24.3 Å². The van der Waals surface area contributed by atoms with Crippen LogP contribution in [-0.2, 0) is 9.53 Å². The molecule has 4 unspecified atom stereocenters. The van der Waals surface area contributed by atoms with E-state index >= 15 is 0 Å². The van der Waals surface area contributed by atoms with Gasteiger partial charge in [-0.2, -0.15) is 0 Å². The third-order valence-electron chi connectivity index (χ3n) is 6.23. The van der Waals surface area contributed by atoms with Crippen molar-refractivity contribution < 1.29 is 18.3 Å². The first-order chi connectivity index (χ1) is 14.5. The summed E-state index contributed by atoms with van der Waals surface area (Å²) in [6, 6.07) is 10.7. The summed E-state index contributed by atoms with van der Waals surface area (Å²) >= 11 is 3.46. The topological polar surface area (TPSA) is 65.2 Å². The summed E-state index contributed by atoms with van der Waals surface area (Å²) < 4.78 is 25.7. The van der Waals surface area contributed by atoms with Crippen LogP contribution in [0.5, 0.6) is 0 Å². The first-order valence-electron chi connectivity index (χ1n) is 10.00. The number of benzene rings is 1. The highest BCUT2D eigenvalue weighted by Crippen LogP contribution is 2.57. The number of ether oxygens (including phenoxy) is 1. The second kappa shape index (κ2) is 7.61. The van der Waals surface area contributed by atoms with Crippen LogP contribution in [0.3, 0.4) is 0 Å². The van der Waals surface area contributed by atoms with Gasteiger partial charge in [-0.3, -0.25) is 4.79 Å². The molecule has 154 valence electrons. The Morgan fingerprint density at radius 1 is 1.13 bits per heavy atom. The maximum Gasteiger partial charge on any atom is 0.309 e. The Morgan fingerprint density at radius 3 is 2.60 bits per heavy atom. The number of esters is 1. The highest BCUT2D eigenvalue weighted by atomic mass is 79.9. The van der Waals surface area contributed by atoms with Gasteiger partial charge in [-0.25, -0.2) is 14.4 Å². The third kappa shape index (κ3) is 3.55. The predicted molar refractivity (Wildman–Crippen MR) is 112 cm³/mol. The van der Waals surface area contributed by atoms with E-state index in [1.54, 1.807) is 6.07 Å². The molecule has 7 heteroatoms. The Hall–Kier alpha value is -2.54. The van der Waals surface area contributed by atoms with Crippen LogP contribution >= 0.6 is 15.9 Å². The zero-order valence-corrected chi connectivity index (χ0v) is 17.9. The van der Waals surface area contributed by atoms with Crippen molar-refractivity contribution in [3.63, 3.8) is 0 Å². The van der Waals surface area contributed by atoms with Crippen molar-refractivity contribution in [1.82, 2.24) is 9.97 Å².